The van der Waals surface area contributed by atoms with E-state index in [0.29, 0.717) is 11.8 Å². The van der Waals surface area contributed by atoms with Crippen LogP contribution in [0.5, 0.6) is 5.75 Å². The Bertz CT molecular complexity index is 548. The number of benzene rings is 1. The van der Waals surface area contributed by atoms with Gasteiger partial charge in [0.05, 0.1) is 18.2 Å². The van der Waals surface area contributed by atoms with Crippen LogP contribution in [-0.2, 0) is 48.3 Å². The largest absolute Gasteiger partial charge is 2.00 e. The standard InChI is InChI=1S/C18H24F3O2.CH3.2W/c1-6-11(2)13(4)12(3)9-16(22)15-8-7-14(18(19,20)21)10-17(15)23-5;;;/h6-8,10-13H,9H2,1-5H3;1H3;;/q2*-1;;+2. The van der Waals surface area contributed by atoms with Crippen LogP contribution < -0.4 is 4.74 Å². The maximum Gasteiger partial charge on any atom is 2.00 e. The molecule has 0 amide bonds. The average molecular weight is 712 g/mol. The van der Waals surface area contributed by atoms with Crippen molar-refractivity contribution in [1.82, 2.24) is 0 Å². The van der Waals surface area contributed by atoms with Gasteiger partial charge in [-0.05, 0) is 24.1 Å². The van der Waals surface area contributed by atoms with Crippen molar-refractivity contribution >= 4 is 5.78 Å². The monoisotopic (exact) mass is 712 g/mol. The van der Waals surface area contributed by atoms with Crippen LogP contribution in [0, 0.1) is 31.6 Å². The van der Waals surface area contributed by atoms with Gasteiger partial charge in [-0.2, -0.15) is 26.0 Å². The van der Waals surface area contributed by atoms with E-state index in [1.165, 1.54) is 13.2 Å². The second-order valence-electron chi connectivity index (χ2n) is 6.07. The van der Waals surface area contributed by atoms with Gasteiger partial charge in [-0.25, -0.2) is 0 Å². The smallest absolute Gasteiger partial charge is 0.496 e. The first-order valence-electron chi connectivity index (χ1n) is 7.69. The summed E-state index contributed by atoms with van der Waals surface area (Å²) >= 11 is 0. The summed E-state index contributed by atoms with van der Waals surface area (Å²) in [5.41, 5.74) is -0.616. The topological polar surface area (TPSA) is 26.3 Å². The number of Topliss-reactive ketones (excluding diaryl/α,β-unsaturated/α-hetero) is 1. The predicted molar refractivity (Wildman–Crippen MR) is 90.8 cm³/mol. The fraction of sp³-hybridized carbons (Fsp3) is 0.526. The summed E-state index contributed by atoms with van der Waals surface area (Å²) in [6, 6.07) is 3.01. The molecule has 3 atom stereocenters. The van der Waals surface area contributed by atoms with Crippen LogP contribution >= 0.6 is 0 Å². The van der Waals surface area contributed by atoms with Crippen molar-refractivity contribution in [1.29, 1.82) is 0 Å². The number of carbonyl (C=O) groups excluding carboxylic acids is 1. The van der Waals surface area contributed by atoms with Crippen molar-refractivity contribution in [3.8, 4) is 5.75 Å². The first-order chi connectivity index (χ1) is 10.6. The van der Waals surface area contributed by atoms with E-state index < -0.39 is 11.7 Å². The molecule has 0 aliphatic carbocycles. The SMILES string of the molecule is C[CH-]C(C)C(C)C(C)CC(=O)c1ccc(C(F)(F)F)cc1OC.[CH3-].[W+2].[W]. The van der Waals surface area contributed by atoms with E-state index in [0.717, 1.165) is 12.1 Å². The zero-order valence-corrected chi connectivity index (χ0v) is 21.9. The van der Waals surface area contributed by atoms with Gasteiger partial charge in [0.25, 0.3) is 0 Å². The zero-order valence-electron chi connectivity index (χ0n) is 16.0. The molecule has 0 spiro atoms. The van der Waals surface area contributed by atoms with Crippen LogP contribution in [0.25, 0.3) is 0 Å². The number of hydrogen-bond acceptors (Lipinski definition) is 2. The molecule has 0 saturated carbocycles. The van der Waals surface area contributed by atoms with Gasteiger partial charge in [0.1, 0.15) is 5.75 Å². The molecule has 2 nitrogen and oxygen atoms in total. The number of hydrogen-bond donors (Lipinski definition) is 0. The number of alkyl halides is 3. The van der Waals surface area contributed by atoms with Crippen LogP contribution in [-0.4, -0.2) is 12.9 Å². The molecule has 1 aromatic rings. The predicted octanol–water partition coefficient (Wildman–Crippen LogP) is 5.86. The molecule has 0 N–H and O–H groups in total. The normalized spacial score (nSPS) is 14.0. The summed E-state index contributed by atoms with van der Waals surface area (Å²) in [4.78, 5) is 12.4. The Balaban J connectivity index is -0.00000176. The van der Waals surface area contributed by atoms with E-state index in [2.05, 4.69) is 20.3 Å². The number of ether oxygens (including phenoxy) is 1. The van der Waals surface area contributed by atoms with Gasteiger partial charge in [-0.3, -0.25) is 4.79 Å². The van der Waals surface area contributed by atoms with E-state index in [-0.39, 0.29) is 79.0 Å². The fourth-order valence-corrected chi connectivity index (χ4v) is 2.51. The Morgan fingerprint density at radius 1 is 1.23 bits per heavy atom. The van der Waals surface area contributed by atoms with Crippen LogP contribution in [0.15, 0.2) is 18.2 Å². The van der Waals surface area contributed by atoms with Gasteiger partial charge >= 0.3 is 27.2 Å². The molecule has 0 heterocycles. The van der Waals surface area contributed by atoms with Crippen LogP contribution in [0.1, 0.15) is 50.0 Å². The number of rotatable bonds is 7. The molecule has 7 heteroatoms. The van der Waals surface area contributed by atoms with Crippen molar-refractivity contribution in [2.45, 2.75) is 40.3 Å². The molecule has 0 radical (unpaired) electrons. The minimum atomic E-state index is -4.46. The summed E-state index contributed by atoms with van der Waals surface area (Å²) in [7, 11) is 1.27. The Kier molecular flexibility index (Phi) is 15.4. The van der Waals surface area contributed by atoms with Crippen LogP contribution in [0.3, 0.4) is 0 Å². The molecule has 0 saturated heterocycles. The molecule has 26 heavy (non-hydrogen) atoms. The van der Waals surface area contributed by atoms with Crippen molar-refractivity contribution in [3.63, 3.8) is 0 Å². The van der Waals surface area contributed by atoms with Gasteiger partial charge in [-0.1, -0.05) is 26.7 Å². The second kappa shape index (κ2) is 13.1. The first-order valence-corrected chi connectivity index (χ1v) is 7.69. The third-order valence-corrected chi connectivity index (χ3v) is 4.59. The minimum absolute atomic E-state index is 0. The summed E-state index contributed by atoms with van der Waals surface area (Å²) < 4.78 is 43.2. The van der Waals surface area contributed by atoms with Crippen molar-refractivity contribution in [2.75, 3.05) is 7.11 Å². The number of halogens is 3. The molecule has 0 bridgehead atoms. The van der Waals surface area contributed by atoms with E-state index in [9.17, 15) is 18.0 Å². The molecule has 148 valence electrons. The summed E-state index contributed by atoms with van der Waals surface area (Å²) in [6.45, 7) is 8.13. The van der Waals surface area contributed by atoms with Gasteiger partial charge in [-0.15, -0.1) is 0 Å². The van der Waals surface area contributed by atoms with Crippen LogP contribution in [0.4, 0.5) is 13.2 Å². The van der Waals surface area contributed by atoms with E-state index in [4.69, 9.17) is 4.74 Å². The summed E-state index contributed by atoms with van der Waals surface area (Å²) in [5, 5.41) is 0. The molecule has 3 unspecified atom stereocenters. The number of carbonyl (C=O) groups is 1. The van der Waals surface area contributed by atoms with Crippen molar-refractivity contribution < 1.29 is 64.8 Å². The average Bonchev–Trinajstić information content (AvgIpc) is 2.51. The Morgan fingerprint density at radius 3 is 2.19 bits per heavy atom. The first kappa shape index (κ1) is 30.6. The van der Waals surface area contributed by atoms with Crippen molar-refractivity contribution in [2.24, 2.45) is 17.8 Å². The van der Waals surface area contributed by atoms with E-state index >= 15 is 0 Å². The van der Waals surface area contributed by atoms with Crippen LogP contribution in [0.2, 0.25) is 0 Å². The van der Waals surface area contributed by atoms with Gasteiger partial charge in [0.15, 0.2) is 5.78 Å². The molecule has 0 fully saturated rings. The molecule has 0 aromatic heterocycles. The van der Waals surface area contributed by atoms with E-state index in [1.54, 1.807) is 0 Å². The minimum Gasteiger partial charge on any atom is -0.496 e. The maximum atomic E-state index is 12.7. The Morgan fingerprint density at radius 2 is 1.77 bits per heavy atom. The van der Waals surface area contributed by atoms with Gasteiger partial charge < -0.3 is 18.6 Å². The van der Waals surface area contributed by atoms with Gasteiger partial charge in [0, 0.05) is 27.5 Å². The van der Waals surface area contributed by atoms with E-state index in [1.807, 2.05) is 13.8 Å². The third kappa shape index (κ3) is 8.25. The Labute approximate surface area is 184 Å². The van der Waals surface area contributed by atoms with Gasteiger partial charge in [0.2, 0.25) is 0 Å². The number of ketones is 1. The molecular formula is C19H27F3O2W2. The Hall–Kier alpha value is -0.143. The number of methoxy groups -OCH3 is 1. The third-order valence-electron chi connectivity index (χ3n) is 4.59. The molecule has 1 rings (SSSR count). The molecular weight excluding hydrogens is 685 g/mol. The quantitative estimate of drug-likeness (QED) is 0.262. The zero-order chi connectivity index (χ0) is 17.8. The maximum absolute atomic E-state index is 12.7. The molecule has 0 aliphatic rings. The summed E-state index contributed by atoms with van der Waals surface area (Å²) in [5.74, 6) is 0.579. The molecule has 1 aromatic carbocycles. The summed E-state index contributed by atoms with van der Waals surface area (Å²) in [6.07, 6.45) is -2.09. The fourth-order valence-electron chi connectivity index (χ4n) is 2.51. The van der Waals surface area contributed by atoms with Crippen molar-refractivity contribution in [3.05, 3.63) is 43.2 Å². The second-order valence-corrected chi connectivity index (χ2v) is 6.07. The molecule has 0 aliphatic heterocycles.